The molecule has 1 aromatic heterocycles. The van der Waals surface area contributed by atoms with Crippen LogP contribution in [0, 0.1) is 10.1 Å². The van der Waals surface area contributed by atoms with Crippen molar-refractivity contribution in [3.63, 3.8) is 0 Å². The maximum Gasteiger partial charge on any atom is 0.269 e. The molecule has 5 nitrogen and oxygen atoms in total. The first-order chi connectivity index (χ1) is 8.25. The minimum atomic E-state index is -0.431. The van der Waals surface area contributed by atoms with Crippen LogP contribution in [0.5, 0.6) is 0 Å². The summed E-state index contributed by atoms with van der Waals surface area (Å²) in [5.41, 5.74) is 0.862. The zero-order valence-corrected chi connectivity index (χ0v) is 8.85. The van der Waals surface area contributed by atoms with E-state index in [1.54, 1.807) is 30.6 Å². The number of aliphatic imine (C=N–C) groups is 1. The van der Waals surface area contributed by atoms with Gasteiger partial charge in [0.15, 0.2) is 5.82 Å². The van der Waals surface area contributed by atoms with Gasteiger partial charge in [-0.15, -0.1) is 0 Å². The Balaban J connectivity index is 2.14. The molecule has 1 heterocycles. The van der Waals surface area contributed by atoms with Gasteiger partial charge in [0.2, 0.25) is 0 Å². The van der Waals surface area contributed by atoms with Gasteiger partial charge in [-0.3, -0.25) is 10.1 Å². The first-order valence-corrected chi connectivity index (χ1v) is 4.95. The second-order valence-corrected chi connectivity index (χ2v) is 3.29. The third-order valence-electron chi connectivity index (χ3n) is 2.10. The van der Waals surface area contributed by atoms with Crippen LogP contribution in [0.2, 0.25) is 0 Å². The fourth-order valence-corrected chi connectivity index (χ4v) is 1.25. The van der Waals surface area contributed by atoms with Crippen molar-refractivity contribution in [1.29, 1.82) is 0 Å². The lowest BCUT2D eigenvalue weighted by Crippen LogP contribution is -1.88. The van der Waals surface area contributed by atoms with Crippen LogP contribution in [0.3, 0.4) is 0 Å². The second kappa shape index (κ2) is 4.98. The standard InChI is InChI=1S/C12H9N3O2/c16-15(17)11-6-4-10(5-7-11)9-14-12-3-1-2-8-13-12/h1-9H/b14-9+. The molecule has 0 aliphatic heterocycles. The molecule has 0 N–H and O–H groups in total. The Morgan fingerprint density at radius 2 is 1.94 bits per heavy atom. The highest BCUT2D eigenvalue weighted by Gasteiger charge is 2.02. The predicted octanol–water partition coefficient (Wildman–Crippen LogP) is 2.74. The molecule has 0 atom stereocenters. The molecule has 2 rings (SSSR count). The molecule has 1 aromatic carbocycles. The summed E-state index contributed by atoms with van der Waals surface area (Å²) >= 11 is 0. The van der Waals surface area contributed by atoms with Crippen LogP contribution in [-0.4, -0.2) is 16.1 Å². The van der Waals surface area contributed by atoms with Crippen molar-refractivity contribution in [3.05, 3.63) is 64.3 Å². The summed E-state index contributed by atoms with van der Waals surface area (Å²) < 4.78 is 0. The number of non-ortho nitro benzene ring substituents is 1. The highest BCUT2D eigenvalue weighted by atomic mass is 16.6. The van der Waals surface area contributed by atoms with Gasteiger partial charge in [0, 0.05) is 24.5 Å². The number of hydrogen-bond acceptors (Lipinski definition) is 4. The van der Waals surface area contributed by atoms with Crippen molar-refractivity contribution in [1.82, 2.24) is 4.98 Å². The molecule has 0 saturated heterocycles. The molecule has 0 spiro atoms. The molecule has 0 radical (unpaired) electrons. The molecule has 0 saturated carbocycles. The highest BCUT2D eigenvalue weighted by Crippen LogP contribution is 2.11. The lowest BCUT2D eigenvalue weighted by Gasteiger charge is -1.93. The van der Waals surface area contributed by atoms with Crippen molar-refractivity contribution in [2.45, 2.75) is 0 Å². The summed E-state index contributed by atoms with van der Waals surface area (Å²) in [7, 11) is 0. The summed E-state index contributed by atoms with van der Waals surface area (Å²) in [6, 6.07) is 11.6. The molecule has 2 aromatic rings. The highest BCUT2D eigenvalue weighted by molar-refractivity contribution is 5.81. The quantitative estimate of drug-likeness (QED) is 0.460. The van der Waals surface area contributed by atoms with Crippen LogP contribution in [-0.2, 0) is 0 Å². The van der Waals surface area contributed by atoms with Crippen molar-refractivity contribution < 1.29 is 4.92 Å². The molecule has 0 fully saturated rings. The third-order valence-corrected chi connectivity index (χ3v) is 2.10. The van der Waals surface area contributed by atoms with Crippen molar-refractivity contribution in [2.75, 3.05) is 0 Å². The number of benzene rings is 1. The minimum Gasteiger partial charge on any atom is -0.258 e. The number of hydrogen-bond donors (Lipinski definition) is 0. The van der Waals surface area contributed by atoms with E-state index in [0.717, 1.165) is 5.56 Å². The lowest BCUT2D eigenvalue weighted by atomic mass is 10.2. The maximum absolute atomic E-state index is 10.5. The molecule has 5 heteroatoms. The Morgan fingerprint density at radius 1 is 1.18 bits per heavy atom. The SMILES string of the molecule is O=[N+]([O-])c1ccc(/C=N/c2ccccn2)cc1. The summed E-state index contributed by atoms with van der Waals surface area (Å²) in [6.45, 7) is 0. The van der Waals surface area contributed by atoms with Crippen LogP contribution >= 0.6 is 0 Å². The molecule has 0 bridgehead atoms. The Labute approximate surface area is 97.6 Å². The van der Waals surface area contributed by atoms with E-state index < -0.39 is 4.92 Å². The average molecular weight is 227 g/mol. The number of nitrogens with zero attached hydrogens (tertiary/aromatic N) is 3. The number of nitro benzene ring substituents is 1. The van der Waals surface area contributed by atoms with Gasteiger partial charge in [0.05, 0.1) is 4.92 Å². The van der Waals surface area contributed by atoms with E-state index in [2.05, 4.69) is 9.98 Å². The van der Waals surface area contributed by atoms with Crippen LogP contribution in [0.15, 0.2) is 53.7 Å². The summed E-state index contributed by atoms with van der Waals surface area (Å²) in [6.07, 6.45) is 3.27. The van der Waals surface area contributed by atoms with Gasteiger partial charge in [-0.2, -0.15) is 0 Å². The Morgan fingerprint density at radius 3 is 2.53 bits per heavy atom. The third kappa shape index (κ3) is 2.94. The number of aromatic nitrogens is 1. The predicted molar refractivity (Wildman–Crippen MR) is 64.6 cm³/mol. The maximum atomic E-state index is 10.5. The topological polar surface area (TPSA) is 68.4 Å². The minimum absolute atomic E-state index is 0.0694. The lowest BCUT2D eigenvalue weighted by molar-refractivity contribution is -0.384. The molecule has 17 heavy (non-hydrogen) atoms. The first kappa shape index (κ1) is 10.9. The number of pyridine rings is 1. The van der Waals surface area contributed by atoms with Crippen LogP contribution < -0.4 is 0 Å². The van der Waals surface area contributed by atoms with Gasteiger partial charge in [-0.05, 0) is 29.8 Å². The van der Waals surface area contributed by atoms with E-state index in [4.69, 9.17) is 0 Å². The fourth-order valence-electron chi connectivity index (χ4n) is 1.25. The average Bonchev–Trinajstić information content (AvgIpc) is 2.38. The summed E-state index contributed by atoms with van der Waals surface area (Å²) in [5.74, 6) is 0.603. The molecule has 0 unspecified atom stereocenters. The largest absolute Gasteiger partial charge is 0.269 e. The Kier molecular flexibility index (Phi) is 3.20. The smallest absolute Gasteiger partial charge is 0.258 e. The van der Waals surface area contributed by atoms with E-state index in [1.165, 1.54) is 12.1 Å². The van der Waals surface area contributed by atoms with Crippen molar-refractivity contribution in [3.8, 4) is 0 Å². The molecule has 84 valence electrons. The zero-order chi connectivity index (χ0) is 12.1. The van der Waals surface area contributed by atoms with E-state index in [0.29, 0.717) is 5.82 Å². The fraction of sp³-hybridized carbons (Fsp3) is 0. The van der Waals surface area contributed by atoms with E-state index in [9.17, 15) is 10.1 Å². The van der Waals surface area contributed by atoms with Gasteiger partial charge in [0.25, 0.3) is 5.69 Å². The monoisotopic (exact) mass is 227 g/mol. The number of rotatable bonds is 3. The Hall–Kier alpha value is -2.56. The van der Waals surface area contributed by atoms with E-state index in [1.807, 2.05) is 12.1 Å². The molecule has 0 aliphatic rings. The second-order valence-electron chi connectivity index (χ2n) is 3.29. The zero-order valence-electron chi connectivity index (χ0n) is 8.85. The molecular formula is C12H9N3O2. The molecule has 0 amide bonds. The van der Waals surface area contributed by atoms with Gasteiger partial charge in [0.1, 0.15) is 0 Å². The van der Waals surface area contributed by atoms with Gasteiger partial charge < -0.3 is 0 Å². The van der Waals surface area contributed by atoms with E-state index >= 15 is 0 Å². The summed E-state index contributed by atoms with van der Waals surface area (Å²) in [5, 5.41) is 10.5. The van der Waals surface area contributed by atoms with Crippen molar-refractivity contribution >= 4 is 17.7 Å². The van der Waals surface area contributed by atoms with Crippen LogP contribution in [0.1, 0.15) is 5.56 Å². The molecular weight excluding hydrogens is 218 g/mol. The normalized spacial score (nSPS) is 10.6. The molecule has 0 aliphatic carbocycles. The van der Waals surface area contributed by atoms with Crippen LogP contribution in [0.25, 0.3) is 0 Å². The van der Waals surface area contributed by atoms with Crippen molar-refractivity contribution in [2.24, 2.45) is 4.99 Å². The van der Waals surface area contributed by atoms with E-state index in [-0.39, 0.29) is 5.69 Å². The van der Waals surface area contributed by atoms with Crippen LogP contribution in [0.4, 0.5) is 11.5 Å². The van der Waals surface area contributed by atoms with Gasteiger partial charge >= 0.3 is 0 Å². The van der Waals surface area contributed by atoms with Gasteiger partial charge in [-0.25, -0.2) is 9.98 Å². The Bertz CT molecular complexity index is 535. The van der Waals surface area contributed by atoms with Gasteiger partial charge in [-0.1, -0.05) is 6.07 Å². The summed E-state index contributed by atoms with van der Waals surface area (Å²) in [4.78, 5) is 18.2. The first-order valence-electron chi connectivity index (χ1n) is 4.95. The number of nitro groups is 1.